The molecule has 4 nitrogen and oxygen atoms in total. The van der Waals surface area contributed by atoms with Crippen LogP contribution in [0.1, 0.15) is 31.0 Å². The second-order valence-corrected chi connectivity index (χ2v) is 7.38. The number of nitrogens with one attached hydrogen (secondary N) is 1. The van der Waals surface area contributed by atoms with Gasteiger partial charge >= 0.3 is 5.97 Å². The molecule has 0 fully saturated rings. The third kappa shape index (κ3) is 4.73. The van der Waals surface area contributed by atoms with Gasteiger partial charge in [0, 0.05) is 16.5 Å². The van der Waals surface area contributed by atoms with Gasteiger partial charge in [-0.3, -0.25) is 0 Å². The van der Waals surface area contributed by atoms with Crippen molar-refractivity contribution in [2.75, 3.05) is 6.61 Å². The molecule has 1 aliphatic heterocycles. The number of esters is 1. The van der Waals surface area contributed by atoms with Crippen molar-refractivity contribution in [3.05, 3.63) is 82.0 Å². The summed E-state index contributed by atoms with van der Waals surface area (Å²) in [6, 6.07) is 17.2. The van der Waals surface area contributed by atoms with Crippen LogP contribution in [0.4, 0.5) is 0 Å². The minimum absolute atomic E-state index is 0.328. The van der Waals surface area contributed by atoms with Gasteiger partial charge in [0.2, 0.25) is 0 Å². The Hall–Kier alpha value is -2.24. The standard InChI is InChI=1S/C21H21ClN2O2S/c1-3-26-20(25)18-14(2)23-21(24-19(18)15-9-5-4-6-10-15)27-13-16-11-7-8-12-17(16)22/h4-12,19H,3,13H2,1-2H3,(H,23,24)/t19-/m1/s1. The molecule has 2 aromatic carbocycles. The zero-order chi connectivity index (χ0) is 19.2. The highest BCUT2D eigenvalue weighted by atomic mass is 35.5. The molecule has 0 amide bonds. The quantitative estimate of drug-likeness (QED) is 0.708. The summed E-state index contributed by atoms with van der Waals surface area (Å²) in [5, 5.41) is 4.74. The number of allylic oxidation sites excluding steroid dienone is 1. The summed E-state index contributed by atoms with van der Waals surface area (Å²) < 4.78 is 5.25. The first-order valence-corrected chi connectivity index (χ1v) is 10.1. The van der Waals surface area contributed by atoms with Gasteiger partial charge in [0.25, 0.3) is 0 Å². The number of aliphatic imine (C=N–C) groups is 1. The molecule has 0 aromatic heterocycles. The van der Waals surface area contributed by atoms with E-state index in [1.165, 1.54) is 0 Å². The fraction of sp³-hybridized carbons (Fsp3) is 0.238. The lowest BCUT2D eigenvalue weighted by Crippen LogP contribution is -2.30. The first kappa shape index (κ1) is 19.5. The Labute approximate surface area is 168 Å². The van der Waals surface area contributed by atoms with Gasteiger partial charge in [-0.05, 0) is 31.0 Å². The molecule has 0 radical (unpaired) electrons. The first-order valence-electron chi connectivity index (χ1n) is 8.74. The summed E-state index contributed by atoms with van der Waals surface area (Å²) in [6.45, 7) is 4.01. The topological polar surface area (TPSA) is 50.7 Å². The lowest BCUT2D eigenvalue weighted by molar-refractivity contribution is -0.138. The largest absolute Gasteiger partial charge is 0.463 e. The maximum atomic E-state index is 12.5. The molecule has 0 spiro atoms. The van der Waals surface area contributed by atoms with Crippen molar-refractivity contribution in [3.8, 4) is 0 Å². The van der Waals surface area contributed by atoms with E-state index in [0.29, 0.717) is 17.9 Å². The average Bonchev–Trinajstić information content (AvgIpc) is 2.67. The number of ether oxygens (including phenoxy) is 1. The van der Waals surface area contributed by atoms with Crippen LogP contribution in [0.3, 0.4) is 0 Å². The Kier molecular flexibility index (Phi) is 6.58. The van der Waals surface area contributed by atoms with Crippen molar-refractivity contribution in [2.24, 2.45) is 4.99 Å². The van der Waals surface area contributed by atoms with Crippen LogP contribution >= 0.6 is 23.4 Å². The molecule has 6 heteroatoms. The summed E-state index contributed by atoms with van der Waals surface area (Å²) in [5.74, 6) is 0.352. The fourth-order valence-electron chi connectivity index (χ4n) is 2.83. The zero-order valence-electron chi connectivity index (χ0n) is 15.2. The maximum Gasteiger partial charge on any atom is 0.338 e. The van der Waals surface area contributed by atoms with Crippen molar-refractivity contribution < 1.29 is 9.53 Å². The predicted octanol–water partition coefficient (Wildman–Crippen LogP) is 5.11. The Morgan fingerprint density at radius 2 is 1.89 bits per heavy atom. The smallest absolute Gasteiger partial charge is 0.338 e. The summed E-state index contributed by atoms with van der Waals surface area (Å²) >= 11 is 7.81. The second-order valence-electron chi connectivity index (χ2n) is 6.01. The molecule has 2 aromatic rings. The summed E-state index contributed by atoms with van der Waals surface area (Å²) in [7, 11) is 0. The third-order valence-corrected chi connectivity index (χ3v) is 5.46. The fourth-order valence-corrected chi connectivity index (χ4v) is 4.06. The molecular weight excluding hydrogens is 380 g/mol. The molecule has 27 heavy (non-hydrogen) atoms. The van der Waals surface area contributed by atoms with E-state index < -0.39 is 0 Å². The zero-order valence-corrected chi connectivity index (χ0v) is 16.8. The number of thioether (sulfide) groups is 1. The predicted molar refractivity (Wildman–Crippen MR) is 112 cm³/mol. The van der Waals surface area contributed by atoms with Crippen molar-refractivity contribution in [1.29, 1.82) is 0 Å². The highest BCUT2D eigenvalue weighted by Crippen LogP contribution is 2.33. The van der Waals surface area contributed by atoms with Crippen LogP contribution in [0.2, 0.25) is 5.02 Å². The normalized spacial score (nSPS) is 16.6. The molecule has 0 unspecified atom stereocenters. The molecular formula is C21H21ClN2O2S. The van der Waals surface area contributed by atoms with E-state index in [0.717, 1.165) is 27.0 Å². The van der Waals surface area contributed by atoms with Crippen LogP contribution in [-0.4, -0.2) is 17.7 Å². The van der Waals surface area contributed by atoms with E-state index in [2.05, 4.69) is 5.32 Å². The van der Waals surface area contributed by atoms with Gasteiger partial charge in [0.15, 0.2) is 5.17 Å². The van der Waals surface area contributed by atoms with Crippen LogP contribution in [0.5, 0.6) is 0 Å². The molecule has 1 aliphatic rings. The van der Waals surface area contributed by atoms with Crippen LogP contribution in [0.25, 0.3) is 0 Å². The van der Waals surface area contributed by atoms with Crippen molar-refractivity contribution in [1.82, 2.24) is 5.32 Å². The second kappa shape index (κ2) is 9.11. The highest BCUT2D eigenvalue weighted by molar-refractivity contribution is 8.13. The summed E-state index contributed by atoms with van der Waals surface area (Å²) in [5.41, 5.74) is 3.31. The summed E-state index contributed by atoms with van der Waals surface area (Å²) in [6.07, 6.45) is 0. The number of benzene rings is 2. The molecule has 1 N–H and O–H groups in total. The molecule has 1 heterocycles. The van der Waals surface area contributed by atoms with E-state index in [9.17, 15) is 4.79 Å². The Balaban J connectivity index is 1.87. The first-order chi connectivity index (χ1) is 13.1. The van der Waals surface area contributed by atoms with E-state index in [-0.39, 0.29) is 12.0 Å². The number of hydrogen-bond donors (Lipinski definition) is 1. The molecule has 140 valence electrons. The van der Waals surface area contributed by atoms with E-state index in [1.54, 1.807) is 18.7 Å². The minimum Gasteiger partial charge on any atom is -0.463 e. The summed E-state index contributed by atoms with van der Waals surface area (Å²) in [4.78, 5) is 17.3. The van der Waals surface area contributed by atoms with Crippen molar-refractivity contribution in [3.63, 3.8) is 0 Å². The Morgan fingerprint density at radius 3 is 2.59 bits per heavy atom. The average molecular weight is 401 g/mol. The van der Waals surface area contributed by atoms with Crippen molar-refractivity contribution in [2.45, 2.75) is 25.6 Å². The number of nitrogens with zero attached hydrogens (tertiary/aromatic N) is 1. The van der Waals surface area contributed by atoms with Gasteiger partial charge in [-0.1, -0.05) is 71.9 Å². The van der Waals surface area contributed by atoms with Gasteiger partial charge in [0.1, 0.15) is 6.04 Å². The van der Waals surface area contributed by atoms with E-state index >= 15 is 0 Å². The Morgan fingerprint density at radius 1 is 1.19 bits per heavy atom. The maximum absolute atomic E-state index is 12.5. The number of halogens is 1. The van der Waals surface area contributed by atoms with Crippen LogP contribution in [0.15, 0.2) is 70.9 Å². The Bertz CT molecular complexity index is 881. The van der Waals surface area contributed by atoms with Gasteiger partial charge in [0.05, 0.1) is 12.2 Å². The number of carbonyl (C=O) groups excluding carboxylic acids is 1. The van der Waals surface area contributed by atoms with E-state index in [4.69, 9.17) is 21.3 Å². The SMILES string of the molecule is CCOC(=O)C1=C(C)NC(SCc2ccccc2Cl)=N[C@@H]1c1ccccc1. The van der Waals surface area contributed by atoms with Crippen LogP contribution < -0.4 is 5.32 Å². The number of rotatable bonds is 5. The van der Waals surface area contributed by atoms with Gasteiger partial charge in [-0.15, -0.1) is 0 Å². The van der Waals surface area contributed by atoms with Crippen LogP contribution in [0, 0.1) is 0 Å². The third-order valence-electron chi connectivity index (χ3n) is 4.15. The lowest BCUT2D eigenvalue weighted by atomic mass is 9.97. The van der Waals surface area contributed by atoms with Crippen molar-refractivity contribution >= 4 is 34.5 Å². The molecule has 0 saturated heterocycles. The number of amidine groups is 1. The molecule has 0 saturated carbocycles. The number of hydrogen-bond acceptors (Lipinski definition) is 5. The van der Waals surface area contributed by atoms with Gasteiger partial charge < -0.3 is 10.1 Å². The lowest BCUT2D eigenvalue weighted by Gasteiger charge is -2.25. The van der Waals surface area contributed by atoms with Gasteiger partial charge in [-0.25, -0.2) is 9.79 Å². The minimum atomic E-state index is -0.389. The molecule has 0 aliphatic carbocycles. The van der Waals surface area contributed by atoms with E-state index in [1.807, 2.05) is 61.5 Å². The highest BCUT2D eigenvalue weighted by Gasteiger charge is 2.30. The molecule has 3 rings (SSSR count). The van der Waals surface area contributed by atoms with Crippen LogP contribution in [-0.2, 0) is 15.3 Å². The van der Waals surface area contributed by atoms with Gasteiger partial charge in [-0.2, -0.15) is 0 Å². The molecule has 0 bridgehead atoms. The number of carbonyl (C=O) groups is 1. The molecule has 1 atom stereocenters. The monoisotopic (exact) mass is 400 g/mol.